The summed E-state index contributed by atoms with van der Waals surface area (Å²) in [5, 5.41) is 6.61. The number of fused-ring (bicyclic) bond motifs is 4. The number of anilines is 1. The molecule has 2 N–H and O–H groups in total. The van der Waals surface area contributed by atoms with E-state index < -0.39 is 0 Å². The van der Waals surface area contributed by atoms with Gasteiger partial charge in [-0.25, -0.2) is 0 Å². The van der Waals surface area contributed by atoms with E-state index in [9.17, 15) is 4.79 Å². The molecule has 0 radical (unpaired) electrons. The first-order valence-corrected chi connectivity index (χ1v) is 10.1. The molecule has 4 aliphatic rings. The monoisotopic (exact) mass is 369 g/mol. The Morgan fingerprint density at radius 3 is 2.89 bits per heavy atom. The lowest BCUT2D eigenvalue weighted by atomic mass is 9.86. The van der Waals surface area contributed by atoms with E-state index in [-0.39, 0.29) is 12.1 Å². The number of hydrogen-bond acceptors (Lipinski definition) is 6. The van der Waals surface area contributed by atoms with E-state index in [4.69, 9.17) is 9.40 Å². The molecule has 4 saturated heterocycles. The first-order chi connectivity index (χ1) is 13.2. The highest BCUT2D eigenvalue weighted by Crippen LogP contribution is 2.31. The Morgan fingerprint density at radius 2 is 2.15 bits per heavy atom. The molecule has 4 aliphatic heterocycles. The number of nitrogens with zero attached hydrogens (tertiary/aromatic N) is 3. The number of aromatic nitrogens is 1. The number of rotatable bonds is 3. The van der Waals surface area contributed by atoms with Crippen LogP contribution in [0.2, 0.25) is 0 Å². The summed E-state index contributed by atoms with van der Waals surface area (Å²) in [5.41, 5.74) is 1.94. The van der Waals surface area contributed by atoms with Gasteiger partial charge in [-0.2, -0.15) is 4.98 Å². The summed E-state index contributed by atoms with van der Waals surface area (Å²) in [6, 6.07) is 6.54. The Labute approximate surface area is 159 Å². The predicted octanol–water partition coefficient (Wildman–Crippen LogP) is 1.80. The number of nitrogens with one attached hydrogen (secondary N) is 2. The molecular formula is C20H27N5O2. The fourth-order valence-electron chi connectivity index (χ4n) is 4.71. The normalized spacial score (nSPS) is 30.6. The predicted molar refractivity (Wildman–Crippen MR) is 104 cm³/mol. The van der Waals surface area contributed by atoms with Gasteiger partial charge in [-0.1, -0.05) is 6.07 Å². The molecule has 0 saturated carbocycles. The van der Waals surface area contributed by atoms with Crippen LogP contribution in [0.5, 0.6) is 0 Å². The first kappa shape index (κ1) is 17.0. The van der Waals surface area contributed by atoms with Gasteiger partial charge in [0.15, 0.2) is 5.58 Å². The number of piperazine rings is 1. The maximum Gasteiger partial charge on any atom is 0.298 e. The second-order valence-corrected chi connectivity index (χ2v) is 8.10. The van der Waals surface area contributed by atoms with E-state index in [0.29, 0.717) is 28.7 Å². The zero-order valence-corrected chi connectivity index (χ0v) is 15.8. The van der Waals surface area contributed by atoms with E-state index in [1.807, 2.05) is 18.2 Å². The van der Waals surface area contributed by atoms with Crippen LogP contribution >= 0.6 is 0 Å². The van der Waals surface area contributed by atoms with Crippen molar-refractivity contribution in [1.82, 2.24) is 20.5 Å². The van der Waals surface area contributed by atoms with E-state index in [0.717, 1.165) is 45.1 Å². The van der Waals surface area contributed by atoms with Crippen molar-refractivity contribution in [3.8, 4) is 0 Å². The van der Waals surface area contributed by atoms with Gasteiger partial charge in [0.05, 0.1) is 11.7 Å². The fourth-order valence-corrected chi connectivity index (χ4v) is 4.71. The molecule has 0 spiro atoms. The van der Waals surface area contributed by atoms with Gasteiger partial charge in [-0.15, -0.1) is 0 Å². The molecule has 4 fully saturated rings. The summed E-state index contributed by atoms with van der Waals surface area (Å²) in [4.78, 5) is 22.3. The third-order valence-corrected chi connectivity index (χ3v) is 6.34. The molecule has 0 aliphatic carbocycles. The van der Waals surface area contributed by atoms with Crippen LogP contribution < -0.4 is 15.5 Å². The summed E-state index contributed by atoms with van der Waals surface area (Å²) in [7, 11) is 0. The maximum atomic E-state index is 13.0. The second-order valence-electron chi connectivity index (χ2n) is 8.10. The third-order valence-electron chi connectivity index (χ3n) is 6.34. The molecule has 1 unspecified atom stereocenters. The van der Waals surface area contributed by atoms with E-state index in [1.165, 1.54) is 12.8 Å². The van der Waals surface area contributed by atoms with Crippen molar-refractivity contribution in [3.05, 3.63) is 23.8 Å². The molecule has 7 nitrogen and oxygen atoms in total. The minimum absolute atomic E-state index is 0.0497. The summed E-state index contributed by atoms with van der Waals surface area (Å²) in [5.74, 6) is 0.704. The zero-order chi connectivity index (χ0) is 18.4. The van der Waals surface area contributed by atoms with Gasteiger partial charge in [-0.05, 0) is 44.2 Å². The molecule has 144 valence electrons. The largest absolute Gasteiger partial charge is 0.423 e. The number of amides is 1. The van der Waals surface area contributed by atoms with Gasteiger partial charge >= 0.3 is 0 Å². The topological polar surface area (TPSA) is 73.6 Å². The molecular weight excluding hydrogens is 342 g/mol. The average molecular weight is 369 g/mol. The number of oxazole rings is 1. The van der Waals surface area contributed by atoms with Gasteiger partial charge in [0, 0.05) is 38.8 Å². The molecule has 6 rings (SSSR count). The molecule has 1 amide bonds. The molecule has 2 aromatic rings. The zero-order valence-electron chi connectivity index (χ0n) is 15.8. The van der Waals surface area contributed by atoms with Crippen LogP contribution in [0, 0.1) is 5.92 Å². The molecule has 27 heavy (non-hydrogen) atoms. The first-order valence-electron chi connectivity index (χ1n) is 10.1. The Balaban J connectivity index is 1.40. The van der Waals surface area contributed by atoms with Gasteiger partial charge < -0.3 is 20.0 Å². The molecule has 2 bridgehead atoms. The van der Waals surface area contributed by atoms with Crippen molar-refractivity contribution < 1.29 is 9.21 Å². The lowest BCUT2D eigenvalue weighted by molar-refractivity contribution is 0.0295. The highest BCUT2D eigenvalue weighted by molar-refractivity contribution is 6.04. The standard InChI is InChI=1S/C20H27N5O2/c1-13-12-21-7-10-25(13)20-23-18-15(3-2-4-16(18)27-20)19(26)22-17-11-14-5-8-24(17)9-6-14/h2-4,13-14,17,21H,5-12H2,1H3,(H,22,26)/t13?,17-/m0/s1. The Hall–Kier alpha value is -2.12. The van der Waals surface area contributed by atoms with E-state index in [2.05, 4.69) is 27.4 Å². The molecule has 1 aromatic heterocycles. The van der Waals surface area contributed by atoms with Crippen LogP contribution in [0.3, 0.4) is 0 Å². The summed E-state index contributed by atoms with van der Waals surface area (Å²) in [6.45, 7) is 7.01. The van der Waals surface area contributed by atoms with Crippen LogP contribution in [-0.4, -0.2) is 60.7 Å². The number of benzene rings is 1. The fraction of sp³-hybridized carbons (Fsp3) is 0.600. The summed E-state index contributed by atoms with van der Waals surface area (Å²) in [6.07, 6.45) is 3.73. The molecule has 5 heterocycles. The number of carbonyl (C=O) groups is 1. The summed E-state index contributed by atoms with van der Waals surface area (Å²) < 4.78 is 6.00. The minimum Gasteiger partial charge on any atom is -0.423 e. The second kappa shape index (κ2) is 6.80. The van der Waals surface area contributed by atoms with Crippen LogP contribution in [-0.2, 0) is 0 Å². The van der Waals surface area contributed by atoms with Crippen molar-refractivity contribution in [1.29, 1.82) is 0 Å². The van der Waals surface area contributed by atoms with Gasteiger partial charge in [0.2, 0.25) is 0 Å². The SMILES string of the molecule is CC1CNCCN1c1nc2c(C(=O)N[C@@H]3CC4CCN3CC4)cccc2o1. The third kappa shape index (κ3) is 3.08. The minimum atomic E-state index is -0.0497. The lowest BCUT2D eigenvalue weighted by Gasteiger charge is -2.45. The number of piperidine rings is 3. The quantitative estimate of drug-likeness (QED) is 0.859. The Kier molecular flexibility index (Phi) is 4.28. The van der Waals surface area contributed by atoms with Crippen molar-refractivity contribution in [3.63, 3.8) is 0 Å². The summed E-state index contributed by atoms with van der Waals surface area (Å²) >= 11 is 0. The van der Waals surface area contributed by atoms with Crippen molar-refractivity contribution in [2.75, 3.05) is 37.6 Å². The van der Waals surface area contributed by atoms with E-state index >= 15 is 0 Å². The molecule has 2 atom stereocenters. The Bertz CT molecular complexity index is 842. The lowest BCUT2D eigenvalue weighted by Crippen LogP contribution is -2.56. The number of para-hydroxylation sites is 1. The van der Waals surface area contributed by atoms with Gasteiger partial charge in [0.25, 0.3) is 11.9 Å². The van der Waals surface area contributed by atoms with Crippen LogP contribution in [0.25, 0.3) is 11.1 Å². The van der Waals surface area contributed by atoms with Crippen molar-refractivity contribution in [2.45, 2.75) is 38.4 Å². The van der Waals surface area contributed by atoms with Crippen molar-refractivity contribution >= 4 is 23.0 Å². The smallest absolute Gasteiger partial charge is 0.298 e. The van der Waals surface area contributed by atoms with E-state index in [1.54, 1.807) is 0 Å². The number of carbonyl (C=O) groups excluding carboxylic acids is 1. The van der Waals surface area contributed by atoms with Crippen LogP contribution in [0.4, 0.5) is 6.01 Å². The highest BCUT2D eigenvalue weighted by atomic mass is 16.4. The average Bonchev–Trinajstić information content (AvgIpc) is 3.13. The molecule has 1 aromatic carbocycles. The molecule has 7 heteroatoms. The van der Waals surface area contributed by atoms with Crippen LogP contribution in [0.15, 0.2) is 22.6 Å². The van der Waals surface area contributed by atoms with Gasteiger partial charge in [-0.3, -0.25) is 9.69 Å². The highest BCUT2D eigenvalue weighted by Gasteiger charge is 2.34. The Morgan fingerprint density at radius 1 is 1.30 bits per heavy atom. The van der Waals surface area contributed by atoms with Gasteiger partial charge in [0.1, 0.15) is 5.52 Å². The number of hydrogen-bond donors (Lipinski definition) is 2. The van der Waals surface area contributed by atoms with Crippen LogP contribution in [0.1, 0.15) is 36.5 Å². The van der Waals surface area contributed by atoms with Crippen molar-refractivity contribution in [2.24, 2.45) is 5.92 Å². The maximum absolute atomic E-state index is 13.0.